The molecule has 1 aromatic carbocycles. The summed E-state index contributed by atoms with van der Waals surface area (Å²) in [6.45, 7) is 0. The maximum atomic E-state index is 6.16. The van der Waals surface area contributed by atoms with Crippen LogP contribution in [0, 0.1) is 0 Å². The first-order valence-corrected chi connectivity index (χ1v) is 6.65. The fourth-order valence-corrected chi connectivity index (χ4v) is 2.28. The summed E-state index contributed by atoms with van der Waals surface area (Å²) in [6.07, 6.45) is 1.49. The summed E-state index contributed by atoms with van der Waals surface area (Å²) in [5, 5.41) is 1.13. The molecule has 0 radical (unpaired) electrons. The van der Waals surface area contributed by atoms with Crippen molar-refractivity contribution in [3.05, 3.63) is 56.1 Å². The van der Waals surface area contributed by atoms with Crippen molar-refractivity contribution >= 4 is 44.9 Å². The molecule has 0 aliphatic rings. The molecule has 0 aliphatic carbocycles. The third-order valence-corrected chi connectivity index (χ3v) is 3.97. The smallest absolute Gasteiger partial charge is 0.128 e. The molecule has 6 heteroatoms. The Kier molecular flexibility index (Phi) is 4.12. The van der Waals surface area contributed by atoms with Crippen molar-refractivity contribution in [2.75, 3.05) is 5.73 Å². The second kappa shape index (κ2) is 5.45. The van der Waals surface area contributed by atoms with Crippen molar-refractivity contribution in [2.45, 2.75) is 6.04 Å². The lowest BCUT2D eigenvalue weighted by Gasteiger charge is -2.15. The van der Waals surface area contributed by atoms with Gasteiger partial charge in [-0.05, 0) is 39.7 Å². The number of anilines is 1. The lowest BCUT2D eigenvalue weighted by atomic mass is 10.0. The van der Waals surface area contributed by atoms with Crippen LogP contribution >= 0.6 is 39.1 Å². The van der Waals surface area contributed by atoms with E-state index < -0.39 is 6.04 Å². The van der Waals surface area contributed by atoms with E-state index in [0.29, 0.717) is 21.4 Å². The summed E-state index contributed by atoms with van der Waals surface area (Å²) in [6, 6.07) is 6.79. The zero-order chi connectivity index (χ0) is 13.3. The maximum absolute atomic E-state index is 6.16. The number of nitrogen functional groups attached to an aromatic ring is 1. The topological polar surface area (TPSA) is 64.9 Å². The normalized spacial score (nSPS) is 12.4. The fourth-order valence-electron chi connectivity index (χ4n) is 1.60. The Morgan fingerprint density at radius 2 is 1.94 bits per heavy atom. The molecular formula is C12H10BrCl2N3. The van der Waals surface area contributed by atoms with Crippen LogP contribution in [-0.4, -0.2) is 4.98 Å². The third kappa shape index (κ3) is 2.78. The summed E-state index contributed by atoms with van der Waals surface area (Å²) < 4.78 is 0.783. The van der Waals surface area contributed by atoms with Gasteiger partial charge in [0.2, 0.25) is 0 Å². The van der Waals surface area contributed by atoms with Crippen molar-refractivity contribution in [3.8, 4) is 0 Å². The molecule has 0 saturated carbocycles. The first kappa shape index (κ1) is 13.6. The molecule has 0 aliphatic heterocycles. The average molecular weight is 347 g/mol. The fraction of sp³-hybridized carbons (Fsp3) is 0.0833. The summed E-state index contributed by atoms with van der Waals surface area (Å²) in [5.74, 6) is 0.373. The van der Waals surface area contributed by atoms with E-state index in [2.05, 4.69) is 20.9 Å². The van der Waals surface area contributed by atoms with Crippen molar-refractivity contribution < 1.29 is 0 Å². The summed E-state index contributed by atoms with van der Waals surface area (Å²) in [7, 11) is 0. The zero-order valence-corrected chi connectivity index (χ0v) is 12.3. The third-order valence-electron chi connectivity index (χ3n) is 2.55. The maximum Gasteiger partial charge on any atom is 0.128 e. The van der Waals surface area contributed by atoms with Crippen LogP contribution < -0.4 is 11.5 Å². The minimum absolute atomic E-state index is 0.373. The van der Waals surface area contributed by atoms with Gasteiger partial charge in [-0.2, -0.15) is 0 Å². The highest BCUT2D eigenvalue weighted by Crippen LogP contribution is 2.30. The highest BCUT2D eigenvalue weighted by Gasteiger charge is 2.14. The van der Waals surface area contributed by atoms with Crippen molar-refractivity contribution in [2.24, 2.45) is 5.73 Å². The predicted molar refractivity (Wildman–Crippen MR) is 78.8 cm³/mol. The van der Waals surface area contributed by atoms with Crippen LogP contribution in [0.4, 0.5) is 5.82 Å². The Morgan fingerprint density at radius 3 is 2.61 bits per heavy atom. The quantitative estimate of drug-likeness (QED) is 0.869. The van der Waals surface area contributed by atoms with Gasteiger partial charge in [-0.1, -0.05) is 29.3 Å². The molecule has 0 saturated heterocycles. The molecule has 0 fully saturated rings. The molecule has 1 unspecified atom stereocenters. The van der Waals surface area contributed by atoms with Gasteiger partial charge in [0.25, 0.3) is 0 Å². The van der Waals surface area contributed by atoms with E-state index in [4.69, 9.17) is 34.7 Å². The number of hydrogen-bond donors (Lipinski definition) is 2. The van der Waals surface area contributed by atoms with Gasteiger partial charge in [0.15, 0.2) is 0 Å². The molecule has 94 valence electrons. The second-order valence-electron chi connectivity index (χ2n) is 3.78. The molecule has 0 bridgehead atoms. The molecule has 18 heavy (non-hydrogen) atoms. The monoisotopic (exact) mass is 345 g/mol. The highest BCUT2D eigenvalue weighted by molar-refractivity contribution is 9.10. The summed E-state index contributed by atoms with van der Waals surface area (Å²) in [4.78, 5) is 3.99. The Balaban J connectivity index is 2.44. The molecule has 3 nitrogen and oxygen atoms in total. The lowest BCUT2D eigenvalue weighted by molar-refractivity contribution is 0.867. The van der Waals surface area contributed by atoms with E-state index in [1.54, 1.807) is 12.1 Å². The number of hydrogen-bond acceptors (Lipinski definition) is 3. The van der Waals surface area contributed by atoms with Crippen LogP contribution in [-0.2, 0) is 0 Å². The van der Waals surface area contributed by atoms with Crippen LogP contribution in [0.3, 0.4) is 0 Å². The Labute approximate surface area is 123 Å². The number of nitrogens with zero attached hydrogens (tertiary/aromatic N) is 1. The van der Waals surface area contributed by atoms with Gasteiger partial charge in [-0.15, -0.1) is 0 Å². The van der Waals surface area contributed by atoms with Crippen LogP contribution in [0.15, 0.2) is 34.9 Å². The molecule has 1 atom stereocenters. The molecule has 4 N–H and O–H groups in total. The van der Waals surface area contributed by atoms with Crippen LogP contribution in [0.25, 0.3) is 0 Å². The minimum Gasteiger partial charge on any atom is -0.383 e. The largest absolute Gasteiger partial charge is 0.383 e. The number of rotatable bonds is 2. The minimum atomic E-state index is -0.398. The SMILES string of the molecule is Nc1ncc(Cl)cc1C(N)c1ccc(Cl)c(Br)c1. The van der Waals surface area contributed by atoms with E-state index >= 15 is 0 Å². The first-order valence-electron chi connectivity index (χ1n) is 5.10. The molecule has 0 spiro atoms. The van der Waals surface area contributed by atoms with Gasteiger partial charge in [0, 0.05) is 16.2 Å². The van der Waals surface area contributed by atoms with Crippen LogP contribution in [0.2, 0.25) is 10.0 Å². The van der Waals surface area contributed by atoms with Gasteiger partial charge in [0.05, 0.1) is 16.1 Å². The number of benzene rings is 1. The molecule has 0 amide bonds. The number of halogens is 3. The number of nitrogens with two attached hydrogens (primary N) is 2. The molecular weight excluding hydrogens is 337 g/mol. The standard InChI is InChI=1S/C12H10BrCl2N3/c13-9-3-6(1-2-10(9)15)11(16)8-4-7(14)5-18-12(8)17/h1-5,11H,16H2,(H2,17,18). The van der Waals surface area contributed by atoms with Crippen molar-refractivity contribution in [1.82, 2.24) is 4.98 Å². The van der Waals surface area contributed by atoms with E-state index in [9.17, 15) is 0 Å². The van der Waals surface area contributed by atoms with E-state index in [1.807, 2.05) is 12.1 Å². The van der Waals surface area contributed by atoms with Gasteiger partial charge in [-0.3, -0.25) is 0 Å². The molecule has 2 aromatic rings. The predicted octanol–water partition coefficient (Wildman–Crippen LogP) is 3.78. The molecule has 1 heterocycles. The van der Waals surface area contributed by atoms with Crippen molar-refractivity contribution in [3.63, 3.8) is 0 Å². The molecule has 1 aromatic heterocycles. The second-order valence-corrected chi connectivity index (χ2v) is 5.48. The molecule has 2 rings (SSSR count). The Morgan fingerprint density at radius 1 is 1.22 bits per heavy atom. The Bertz CT molecular complexity index is 590. The van der Waals surface area contributed by atoms with E-state index in [1.165, 1.54) is 6.20 Å². The number of pyridine rings is 1. The Hall–Kier alpha value is -0.810. The summed E-state index contributed by atoms with van der Waals surface area (Å²) in [5.41, 5.74) is 13.5. The van der Waals surface area contributed by atoms with Crippen LogP contribution in [0.1, 0.15) is 17.2 Å². The lowest BCUT2D eigenvalue weighted by Crippen LogP contribution is -2.14. The van der Waals surface area contributed by atoms with Gasteiger partial charge in [-0.25, -0.2) is 4.98 Å². The van der Waals surface area contributed by atoms with Crippen LogP contribution in [0.5, 0.6) is 0 Å². The van der Waals surface area contributed by atoms with E-state index in [-0.39, 0.29) is 0 Å². The van der Waals surface area contributed by atoms with Gasteiger partial charge in [0.1, 0.15) is 5.82 Å². The van der Waals surface area contributed by atoms with Gasteiger partial charge >= 0.3 is 0 Å². The highest BCUT2D eigenvalue weighted by atomic mass is 79.9. The van der Waals surface area contributed by atoms with E-state index in [0.717, 1.165) is 10.0 Å². The average Bonchev–Trinajstić information content (AvgIpc) is 2.35. The number of aromatic nitrogens is 1. The zero-order valence-electron chi connectivity index (χ0n) is 9.20. The first-order chi connectivity index (χ1) is 8.49. The summed E-state index contributed by atoms with van der Waals surface area (Å²) >= 11 is 15.2. The van der Waals surface area contributed by atoms with Gasteiger partial charge < -0.3 is 11.5 Å². The van der Waals surface area contributed by atoms with Crippen molar-refractivity contribution in [1.29, 1.82) is 0 Å².